The number of hydrogen-bond acceptors (Lipinski definition) is 6. The second kappa shape index (κ2) is 13.6. The van der Waals surface area contributed by atoms with Gasteiger partial charge in [0.25, 0.3) is 5.91 Å². The number of amides is 2. The summed E-state index contributed by atoms with van der Waals surface area (Å²) in [6, 6.07) is 5.79. The summed E-state index contributed by atoms with van der Waals surface area (Å²) < 4.78 is 40.6. The van der Waals surface area contributed by atoms with Crippen molar-refractivity contribution in [2.24, 2.45) is 0 Å². The predicted molar refractivity (Wildman–Crippen MR) is 119 cm³/mol. The summed E-state index contributed by atoms with van der Waals surface area (Å²) in [5, 5.41) is 21.4. The van der Waals surface area contributed by atoms with Crippen molar-refractivity contribution in [3.8, 4) is 5.82 Å². The number of hydrogen-bond donors (Lipinski definition) is 4. The number of benzene rings is 1. The number of carbonyl (C=O) groups excluding carboxylic acids is 2. The average Bonchev–Trinajstić information content (AvgIpc) is 3.23. The van der Waals surface area contributed by atoms with Gasteiger partial charge in [-0.2, -0.15) is 18.3 Å². The Kier molecular flexibility index (Phi) is 12.2. The molecule has 0 saturated heterocycles. The van der Waals surface area contributed by atoms with E-state index >= 15 is 0 Å². The zero-order chi connectivity index (χ0) is 25.6. The molecule has 3 aromatic rings. The zero-order valence-corrected chi connectivity index (χ0v) is 23.2. The number of alkyl halides is 3. The second-order valence-corrected chi connectivity index (χ2v) is 7.64. The molecule has 0 fully saturated rings. The fraction of sp³-hybridized carbons (Fsp3) is 0.111. The van der Waals surface area contributed by atoms with Gasteiger partial charge in [-0.15, -0.1) is 0 Å². The molecule has 17 heteroatoms. The first kappa shape index (κ1) is 31.4. The number of anilines is 1. The number of aromatic nitrogens is 3. The van der Waals surface area contributed by atoms with E-state index in [4.69, 9.17) is 33.5 Å². The smallest absolute Gasteiger partial charge is 0.435 e. The summed E-state index contributed by atoms with van der Waals surface area (Å²) in [4.78, 5) is 29.0. The van der Waals surface area contributed by atoms with Gasteiger partial charge in [0.2, 0.25) is 5.91 Å². The molecule has 3 rings (SSSR count). The first-order valence-corrected chi connectivity index (χ1v) is 10.3. The van der Waals surface area contributed by atoms with Gasteiger partial charge >= 0.3 is 6.18 Å². The van der Waals surface area contributed by atoms with Gasteiger partial charge in [-0.1, -0.05) is 23.2 Å². The van der Waals surface area contributed by atoms with Crippen LogP contribution in [0.3, 0.4) is 0 Å². The van der Waals surface area contributed by atoms with Crippen LogP contribution in [0, 0.1) is 0 Å². The Bertz CT molecular complexity index is 1220. The third-order valence-electron chi connectivity index (χ3n) is 3.86. The van der Waals surface area contributed by atoms with E-state index in [1.165, 1.54) is 24.4 Å². The maximum atomic E-state index is 13.3. The van der Waals surface area contributed by atoms with E-state index in [0.717, 1.165) is 13.2 Å². The van der Waals surface area contributed by atoms with Gasteiger partial charge in [-0.05, 0) is 40.2 Å². The fourth-order valence-corrected chi connectivity index (χ4v) is 3.65. The normalized spacial score (nSPS) is 10.5. The zero-order valence-electron chi connectivity index (χ0n) is 17.3. The third kappa shape index (κ3) is 7.67. The molecule has 185 valence electrons. The van der Waals surface area contributed by atoms with Crippen LogP contribution in [0.4, 0.5) is 18.9 Å². The molecule has 0 saturated carbocycles. The van der Waals surface area contributed by atoms with Gasteiger partial charge in [0.05, 0.1) is 16.3 Å². The largest absolute Gasteiger partial charge is 0.483 e. The SMILES string of the molecule is CO.O=C(N[N-]O)c1cc(Cl)cc(Br)c1NC(=O)c1cc(C(F)(F)F)nn1-c1ncccc1Cl.[Y]. The van der Waals surface area contributed by atoms with Gasteiger partial charge < -0.3 is 26.6 Å². The minimum atomic E-state index is -4.87. The van der Waals surface area contributed by atoms with Crippen LogP contribution in [0.2, 0.25) is 10.0 Å². The van der Waals surface area contributed by atoms with Crippen molar-refractivity contribution in [1.82, 2.24) is 20.2 Å². The number of rotatable bonds is 5. The molecule has 0 spiro atoms. The van der Waals surface area contributed by atoms with Crippen molar-refractivity contribution in [2.45, 2.75) is 6.18 Å². The van der Waals surface area contributed by atoms with Crippen LogP contribution in [0.15, 0.2) is 41.0 Å². The van der Waals surface area contributed by atoms with E-state index in [1.54, 1.807) is 5.43 Å². The molecule has 1 aromatic carbocycles. The summed E-state index contributed by atoms with van der Waals surface area (Å²) in [6.45, 7) is 0. The number of aliphatic hydroxyl groups excluding tert-OH is 1. The Morgan fingerprint density at radius 1 is 1.17 bits per heavy atom. The molecule has 2 heterocycles. The molecule has 0 aliphatic heterocycles. The van der Waals surface area contributed by atoms with Gasteiger partial charge in [0, 0.05) is 61.6 Å². The molecule has 4 N–H and O–H groups in total. The van der Waals surface area contributed by atoms with E-state index in [9.17, 15) is 22.8 Å². The molecule has 0 aliphatic carbocycles. The van der Waals surface area contributed by atoms with Gasteiger partial charge in [-0.3, -0.25) is 9.59 Å². The Labute approximate surface area is 239 Å². The van der Waals surface area contributed by atoms with Crippen LogP contribution in [0.25, 0.3) is 11.4 Å². The molecule has 10 nitrogen and oxygen atoms in total. The van der Waals surface area contributed by atoms with Crippen LogP contribution in [-0.2, 0) is 38.9 Å². The van der Waals surface area contributed by atoms with Crippen molar-refractivity contribution in [2.75, 3.05) is 12.4 Å². The molecular weight excluding hydrogens is 661 g/mol. The summed E-state index contributed by atoms with van der Waals surface area (Å²) >= 11 is 15.1. The maximum Gasteiger partial charge on any atom is 0.435 e. The molecule has 0 aliphatic rings. The van der Waals surface area contributed by atoms with Gasteiger partial charge in [0.15, 0.2) is 11.5 Å². The van der Waals surface area contributed by atoms with Gasteiger partial charge in [-0.25, -0.2) is 9.67 Å². The minimum absolute atomic E-state index is 0. The molecule has 1 radical (unpaired) electrons. The summed E-state index contributed by atoms with van der Waals surface area (Å²) in [6.07, 6.45) is -3.61. The van der Waals surface area contributed by atoms with Crippen molar-refractivity contribution < 1.29 is 65.8 Å². The quantitative estimate of drug-likeness (QED) is 0.291. The Balaban J connectivity index is 0.00000199. The molecule has 0 bridgehead atoms. The Morgan fingerprint density at radius 2 is 1.83 bits per heavy atom. The number of aliphatic hydroxyl groups is 1. The minimum Gasteiger partial charge on any atom is -0.483 e. The number of pyridine rings is 1. The second-order valence-electron chi connectivity index (χ2n) is 5.94. The van der Waals surface area contributed by atoms with Gasteiger partial charge in [0.1, 0.15) is 5.69 Å². The summed E-state index contributed by atoms with van der Waals surface area (Å²) in [7, 11) is 1.00. The number of nitrogens with zero attached hydrogens (tertiary/aromatic N) is 4. The third-order valence-corrected chi connectivity index (χ3v) is 5.00. The van der Waals surface area contributed by atoms with Crippen molar-refractivity contribution in [3.05, 3.63) is 73.6 Å². The number of nitrogens with one attached hydrogen (secondary N) is 2. The number of carbonyl (C=O) groups is 2. The molecule has 0 unspecified atom stereocenters. The van der Waals surface area contributed by atoms with E-state index in [1.807, 2.05) is 0 Å². The van der Waals surface area contributed by atoms with Crippen LogP contribution in [-0.4, -0.2) is 44.0 Å². The summed E-state index contributed by atoms with van der Waals surface area (Å²) in [5.41, 5.74) is 1.93. The summed E-state index contributed by atoms with van der Waals surface area (Å²) in [5.74, 6) is -2.25. The molecule has 0 atom stereocenters. The van der Waals surface area contributed by atoms with Crippen LogP contribution in [0.1, 0.15) is 26.5 Å². The van der Waals surface area contributed by atoms with Crippen LogP contribution < -0.4 is 10.7 Å². The van der Waals surface area contributed by atoms with Crippen molar-refractivity contribution in [1.29, 1.82) is 0 Å². The van der Waals surface area contributed by atoms with E-state index < -0.39 is 29.4 Å². The predicted octanol–water partition coefficient (Wildman–Crippen LogP) is 4.62. The van der Waals surface area contributed by atoms with Crippen LogP contribution in [0.5, 0.6) is 0 Å². The Hall–Kier alpha value is -1.65. The molecular formula is C18H13BrCl2F3N6O4Y-. The first-order valence-electron chi connectivity index (χ1n) is 8.70. The van der Waals surface area contributed by atoms with Crippen LogP contribution >= 0.6 is 39.1 Å². The van der Waals surface area contributed by atoms with E-state index in [0.29, 0.717) is 10.7 Å². The van der Waals surface area contributed by atoms with E-state index in [-0.39, 0.29) is 64.3 Å². The van der Waals surface area contributed by atoms with E-state index in [2.05, 4.69) is 36.9 Å². The molecule has 35 heavy (non-hydrogen) atoms. The van der Waals surface area contributed by atoms with Crippen molar-refractivity contribution in [3.63, 3.8) is 0 Å². The molecule has 2 aromatic heterocycles. The topological polar surface area (TPSA) is 143 Å². The van der Waals surface area contributed by atoms with Crippen molar-refractivity contribution >= 4 is 56.6 Å². The monoisotopic (exact) mass is 672 g/mol. The first-order chi connectivity index (χ1) is 16.0. The fourth-order valence-electron chi connectivity index (χ4n) is 2.54. The Morgan fingerprint density at radius 3 is 2.40 bits per heavy atom. The standard InChI is InChI=1S/C17H10BrCl2F3N6O3.CH4O.Y/c18-9-5-7(19)4-8(15(30)26-28-32)13(9)25-16(31)11-6-12(17(21,22)23)27-29(11)14-10(20)2-1-3-24-14;1-2;/h1-6H,(H4,25,26,27,28,30,31,32);2H,1H3;/p-1. The average molecular weight is 674 g/mol. The maximum absolute atomic E-state index is 13.3. The number of halogens is 6. The molecule has 2 amide bonds.